The van der Waals surface area contributed by atoms with Gasteiger partial charge in [0.15, 0.2) is 0 Å². The highest BCUT2D eigenvalue weighted by atomic mass is 16.4. The monoisotopic (exact) mass is 284 g/mol. The van der Waals surface area contributed by atoms with Crippen LogP contribution < -0.4 is 0 Å². The van der Waals surface area contributed by atoms with E-state index in [1.807, 2.05) is 18.2 Å². The smallest absolute Gasteiger partial charge is 0.336 e. The van der Waals surface area contributed by atoms with Gasteiger partial charge in [-0.1, -0.05) is 65.8 Å². The zero-order valence-corrected chi connectivity index (χ0v) is 13.7. The summed E-state index contributed by atoms with van der Waals surface area (Å²) in [6.45, 7) is 13.0. The van der Waals surface area contributed by atoms with Crippen LogP contribution in [0.5, 0.6) is 0 Å². The molecule has 0 amide bonds. The van der Waals surface area contributed by atoms with Gasteiger partial charge < -0.3 is 5.11 Å². The largest absolute Gasteiger partial charge is 0.478 e. The summed E-state index contributed by atoms with van der Waals surface area (Å²) in [5.41, 5.74) is 2.72. The maximum atomic E-state index is 11.5. The van der Waals surface area contributed by atoms with Crippen molar-refractivity contribution in [1.82, 2.24) is 0 Å². The molecule has 0 aliphatic carbocycles. The third-order valence-corrected chi connectivity index (χ3v) is 3.89. The summed E-state index contributed by atoms with van der Waals surface area (Å²) in [6.07, 6.45) is 0. The molecule has 2 rings (SSSR count). The lowest BCUT2D eigenvalue weighted by atomic mass is 9.76. The summed E-state index contributed by atoms with van der Waals surface area (Å²) in [6, 6.07) is 9.70. The van der Waals surface area contributed by atoms with Crippen LogP contribution in [0.15, 0.2) is 30.3 Å². The van der Waals surface area contributed by atoms with Gasteiger partial charge in [-0.05, 0) is 38.8 Å². The van der Waals surface area contributed by atoms with E-state index < -0.39 is 5.97 Å². The van der Waals surface area contributed by atoms with Gasteiger partial charge in [0.05, 0.1) is 5.56 Å². The molecule has 0 atom stereocenters. The van der Waals surface area contributed by atoms with Crippen LogP contribution >= 0.6 is 0 Å². The molecule has 0 aliphatic heterocycles. The Morgan fingerprint density at radius 3 is 1.86 bits per heavy atom. The lowest BCUT2D eigenvalue weighted by Crippen LogP contribution is -2.18. The number of fused-ring (bicyclic) bond motifs is 1. The second-order valence-corrected chi connectivity index (χ2v) is 7.69. The number of carboxylic acids is 1. The van der Waals surface area contributed by atoms with Crippen LogP contribution in [0.1, 0.15) is 63.0 Å². The first-order valence-corrected chi connectivity index (χ1v) is 7.33. The van der Waals surface area contributed by atoms with Crippen molar-refractivity contribution in [3.8, 4) is 0 Å². The van der Waals surface area contributed by atoms with E-state index >= 15 is 0 Å². The van der Waals surface area contributed by atoms with E-state index in [1.165, 1.54) is 11.1 Å². The minimum absolute atomic E-state index is 0.0311. The molecule has 2 nitrogen and oxygen atoms in total. The van der Waals surface area contributed by atoms with Crippen LogP contribution in [-0.2, 0) is 10.8 Å². The highest BCUT2D eigenvalue weighted by Gasteiger charge is 2.25. The third-order valence-electron chi connectivity index (χ3n) is 3.89. The van der Waals surface area contributed by atoms with Gasteiger partial charge in [-0.15, -0.1) is 0 Å². The van der Waals surface area contributed by atoms with E-state index in [0.29, 0.717) is 5.56 Å². The molecule has 2 aromatic carbocycles. The average Bonchev–Trinajstić information content (AvgIpc) is 2.33. The van der Waals surface area contributed by atoms with Crippen molar-refractivity contribution >= 4 is 16.7 Å². The summed E-state index contributed by atoms with van der Waals surface area (Å²) < 4.78 is 0. The average molecular weight is 284 g/mol. The van der Waals surface area contributed by atoms with E-state index in [4.69, 9.17) is 0 Å². The number of carbonyl (C=O) groups is 1. The Morgan fingerprint density at radius 2 is 1.38 bits per heavy atom. The summed E-state index contributed by atoms with van der Waals surface area (Å²) in [5, 5.41) is 11.4. The van der Waals surface area contributed by atoms with Crippen molar-refractivity contribution < 1.29 is 9.90 Å². The first-order chi connectivity index (χ1) is 9.53. The summed E-state index contributed by atoms with van der Waals surface area (Å²) in [7, 11) is 0. The Balaban J connectivity index is 3.02. The topological polar surface area (TPSA) is 37.3 Å². The fourth-order valence-corrected chi connectivity index (χ4v) is 2.84. The van der Waals surface area contributed by atoms with E-state index in [9.17, 15) is 9.90 Å². The summed E-state index contributed by atoms with van der Waals surface area (Å²) in [5.74, 6) is -0.869. The Kier molecular flexibility index (Phi) is 3.61. The van der Waals surface area contributed by atoms with Crippen molar-refractivity contribution in [2.24, 2.45) is 0 Å². The predicted molar refractivity (Wildman–Crippen MR) is 88.3 cm³/mol. The Labute approximate surface area is 126 Å². The molecule has 0 fully saturated rings. The van der Waals surface area contributed by atoms with E-state index in [1.54, 1.807) is 6.07 Å². The summed E-state index contributed by atoms with van der Waals surface area (Å²) in [4.78, 5) is 11.5. The Morgan fingerprint density at radius 1 is 0.857 bits per heavy atom. The molecule has 2 heteroatoms. The molecular weight excluding hydrogens is 260 g/mol. The normalized spacial score (nSPS) is 12.7. The molecule has 0 saturated heterocycles. The van der Waals surface area contributed by atoms with Crippen LogP contribution in [0.4, 0.5) is 0 Å². The van der Waals surface area contributed by atoms with Crippen molar-refractivity contribution in [3.05, 3.63) is 47.0 Å². The number of carboxylic acid groups (broad SMARTS) is 1. The lowest BCUT2D eigenvalue weighted by Gasteiger charge is -2.28. The van der Waals surface area contributed by atoms with Crippen LogP contribution in [0.2, 0.25) is 0 Å². The number of aromatic carboxylic acids is 1. The van der Waals surface area contributed by atoms with Crippen molar-refractivity contribution in [2.75, 3.05) is 0 Å². The molecule has 0 aromatic heterocycles. The molecule has 0 aliphatic rings. The van der Waals surface area contributed by atoms with Gasteiger partial charge in [-0.25, -0.2) is 4.79 Å². The second-order valence-electron chi connectivity index (χ2n) is 7.69. The highest BCUT2D eigenvalue weighted by molar-refractivity contribution is 6.06. The van der Waals surface area contributed by atoms with Gasteiger partial charge >= 0.3 is 5.97 Å². The molecule has 0 radical (unpaired) electrons. The van der Waals surface area contributed by atoms with Gasteiger partial charge in [0, 0.05) is 0 Å². The predicted octanol–water partition coefficient (Wildman–Crippen LogP) is 5.13. The highest BCUT2D eigenvalue weighted by Crippen LogP contribution is 2.38. The number of rotatable bonds is 1. The molecule has 0 spiro atoms. The minimum Gasteiger partial charge on any atom is -0.478 e. The second kappa shape index (κ2) is 4.87. The quantitative estimate of drug-likeness (QED) is 0.788. The maximum Gasteiger partial charge on any atom is 0.336 e. The van der Waals surface area contributed by atoms with Gasteiger partial charge in [-0.2, -0.15) is 0 Å². The molecule has 0 unspecified atom stereocenters. The van der Waals surface area contributed by atoms with Gasteiger partial charge in [0.2, 0.25) is 0 Å². The first-order valence-electron chi connectivity index (χ1n) is 7.33. The van der Waals surface area contributed by atoms with Crippen LogP contribution in [-0.4, -0.2) is 11.1 Å². The molecule has 21 heavy (non-hydrogen) atoms. The summed E-state index contributed by atoms with van der Waals surface area (Å²) >= 11 is 0. The third kappa shape index (κ3) is 2.80. The van der Waals surface area contributed by atoms with E-state index in [2.05, 4.69) is 47.6 Å². The fraction of sp³-hybridized carbons (Fsp3) is 0.421. The number of hydrogen-bond donors (Lipinski definition) is 1. The molecule has 112 valence electrons. The Bertz CT molecular complexity index is 678. The SMILES string of the molecule is CC(C)(C)c1cccc2c(C(=O)O)ccc(C(C)(C)C)c12. The van der Waals surface area contributed by atoms with E-state index in [-0.39, 0.29) is 10.8 Å². The van der Waals surface area contributed by atoms with Crippen LogP contribution in [0, 0.1) is 0 Å². The standard InChI is InChI=1S/C19H24O2/c1-18(2,3)14-9-7-8-12-13(17(20)21)10-11-15(16(12)14)19(4,5)6/h7-11H,1-6H3,(H,20,21). The number of benzene rings is 2. The fourth-order valence-electron chi connectivity index (χ4n) is 2.84. The first kappa shape index (κ1) is 15.6. The van der Waals surface area contributed by atoms with E-state index in [0.717, 1.165) is 10.8 Å². The molecule has 1 N–H and O–H groups in total. The maximum absolute atomic E-state index is 11.5. The zero-order valence-electron chi connectivity index (χ0n) is 13.7. The zero-order chi connectivity index (χ0) is 16.0. The molecular formula is C19H24O2. The van der Waals surface area contributed by atoms with Gasteiger partial charge in [0.25, 0.3) is 0 Å². The molecule has 2 aromatic rings. The van der Waals surface area contributed by atoms with Crippen LogP contribution in [0.25, 0.3) is 10.8 Å². The molecule has 0 heterocycles. The van der Waals surface area contributed by atoms with Crippen molar-refractivity contribution in [2.45, 2.75) is 52.4 Å². The Hall–Kier alpha value is -1.83. The van der Waals surface area contributed by atoms with Crippen molar-refractivity contribution in [3.63, 3.8) is 0 Å². The minimum atomic E-state index is -0.869. The molecule has 0 saturated carbocycles. The van der Waals surface area contributed by atoms with Gasteiger partial charge in [-0.3, -0.25) is 0 Å². The van der Waals surface area contributed by atoms with Crippen molar-refractivity contribution in [1.29, 1.82) is 0 Å². The number of hydrogen-bond acceptors (Lipinski definition) is 1. The van der Waals surface area contributed by atoms with Gasteiger partial charge in [0.1, 0.15) is 0 Å². The molecule has 0 bridgehead atoms. The lowest BCUT2D eigenvalue weighted by molar-refractivity contribution is 0.0699. The van der Waals surface area contributed by atoms with Crippen LogP contribution in [0.3, 0.4) is 0 Å².